The highest BCUT2D eigenvalue weighted by Crippen LogP contribution is 2.34. The summed E-state index contributed by atoms with van der Waals surface area (Å²) in [5.74, 6) is -1.47. The first-order valence-electron chi connectivity index (χ1n) is 9.07. The number of carbonyl (C=O) groups excluding carboxylic acids is 1. The van der Waals surface area contributed by atoms with Crippen LogP contribution < -0.4 is 5.73 Å². The largest absolute Gasteiger partial charge is 0.366 e. The standard InChI is InChI=1S/C23H19F2N2O/c1-13(2)14-7-9-17-21(10-14)27(12-15-6-8-16(24)11-19(15)25)20-5-3-4-18(22(17)20)23(26)28/h3-8,10-11,13H,12H2,1-2H3,(H2,26,28). The summed E-state index contributed by atoms with van der Waals surface area (Å²) in [6.07, 6.45) is 0. The Morgan fingerprint density at radius 2 is 1.93 bits per heavy atom. The molecule has 3 aromatic carbocycles. The maximum atomic E-state index is 14.3. The SMILES string of the molecule is CC(C)c1c[c]c2c3c(C(N)=O)cccc3n(Cc3ccc(F)cc3F)c2c1. The van der Waals surface area contributed by atoms with E-state index in [1.165, 1.54) is 12.1 Å². The van der Waals surface area contributed by atoms with Crippen LogP contribution in [0, 0.1) is 17.7 Å². The van der Waals surface area contributed by atoms with E-state index in [1.54, 1.807) is 12.1 Å². The molecule has 0 spiro atoms. The molecule has 0 fully saturated rings. The number of fused-ring (bicyclic) bond motifs is 3. The quantitative estimate of drug-likeness (QED) is 0.526. The lowest BCUT2D eigenvalue weighted by Crippen LogP contribution is -2.11. The minimum atomic E-state index is -0.616. The molecule has 5 heteroatoms. The second kappa shape index (κ2) is 6.75. The van der Waals surface area contributed by atoms with E-state index in [0.717, 1.165) is 28.0 Å². The molecule has 0 bridgehead atoms. The molecule has 1 heterocycles. The summed E-state index contributed by atoms with van der Waals surface area (Å²) in [5, 5.41) is 1.46. The number of nitrogens with two attached hydrogens (primary N) is 1. The number of nitrogens with zero attached hydrogens (tertiary/aromatic N) is 1. The van der Waals surface area contributed by atoms with E-state index < -0.39 is 17.5 Å². The van der Waals surface area contributed by atoms with Gasteiger partial charge in [-0.05, 0) is 41.8 Å². The topological polar surface area (TPSA) is 48.0 Å². The molecule has 0 saturated heterocycles. The predicted molar refractivity (Wildman–Crippen MR) is 106 cm³/mol. The fraction of sp³-hybridized carbons (Fsp3) is 0.174. The minimum Gasteiger partial charge on any atom is -0.366 e. The smallest absolute Gasteiger partial charge is 0.249 e. The molecule has 0 saturated carbocycles. The Morgan fingerprint density at radius 1 is 1.14 bits per heavy atom. The number of aromatic nitrogens is 1. The van der Waals surface area contributed by atoms with Crippen molar-refractivity contribution in [1.29, 1.82) is 0 Å². The molecule has 0 atom stereocenters. The van der Waals surface area contributed by atoms with Crippen LogP contribution in [0.15, 0.2) is 48.5 Å². The van der Waals surface area contributed by atoms with Crippen molar-refractivity contribution in [3.63, 3.8) is 0 Å². The monoisotopic (exact) mass is 377 g/mol. The fourth-order valence-electron chi connectivity index (χ4n) is 3.60. The van der Waals surface area contributed by atoms with E-state index >= 15 is 0 Å². The summed E-state index contributed by atoms with van der Waals surface area (Å²) in [4.78, 5) is 12.0. The molecule has 4 aromatic rings. The average Bonchev–Trinajstić information content (AvgIpc) is 2.97. The first kappa shape index (κ1) is 18.2. The van der Waals surface area contributed by atoms with Crippen LogP contribution in [0.25, 0.3) is 21.8 Å². The molecule has 0 aliphatic carbocycles. The summed E-state index contributed by atoms with van der Waals surface area (Å²) < 4.78 is 29.6. The molecule has 2 N–H and O–H groups in total. The van der Waals surface area contributed by atoms with Crippen molar-refractivity contribution in [2.75, 3.05) is 0 Å². The Morgan fingerprint density at radius 3 is 2.61 bits per heavy atom. The van der Waals surface area contributed by atoms with Gasteiger partial charge in [0.2, 0.25) is 5.91 Å². The first-order valence-corrected chi connectivity index (χ1v) is 9.07. The summed E-state index contributed by atoms with van der Waals surface area (Å²) in [6, 6.07) is 16.1. The van der Waals surface area contributed by atoms with Gasteiger partial charge in [-0.2, -0.15) is 0 Å². The third-order valence-corrected chi connectivity index (χ3v) is 5.09. The van der Waals surface area contributed by atoms with E-state index in [9.17, 15) is 13.6 Å². The van der Waals surface area contributed by atoms with Crippen molar-refractivity contribution in [3.8, 4) is 0 Å². The van der Waals surface area contributed by atoms with Crippen molar-refractivity contribution in [2.24, 2.45) is 5.73 Å². The molecule has 1 aromatic heterocycles. The van der Waals surface area contributed by atoms with Gasteiger partial charge in [-0.15, -0.1) is 0 Å². The Kier molecular flexibility index (Phi) is 4.38. The second-order valence-electron chi connectivity index (χ2n) is 7.23. The molecule has 4 rings (SSSR count). The van der Waals surface area contributed by atoms with Crippen LogP contribution in [0.2, 0.25) is 0 Å². The number of amides is 1. The van der Waals surface area contributed by atoms with E-state index in [4.69, 9.17) is 5.73 Å². The molecule has 0 aliphatic heterocycles. The first-order chi connectivity index (χ1) is 13.4. The highest BCUT2D eigenvalue weighted by atomic mass is 19.1. The maximum absolute atomic E-state index is 14.3. The predicted octanol–water partition coefficient (Wildman–Crippen LogP) is 5.14. The lowest BCUT2D eigenvalue weighted by Gasteiger charge is -2.11. The zero-order valence-corrected chi connectivity index (χ0v) is 15.6. The lowest BCUT2D eigenvalue weighted by atomic mass is 10.00. The van der Waals surface area contributed by atoms with Gasteiger partial charge >= 0.3 is 0 Å². The molecule has 3 nitrogen and oxygen atoms in total. The van der Waals surface area contributed by atoms with Crippen LogP contribution in [0.5, 0.6) is 0 Å². The fourth-order valence-corrected chi connectivity index (χ4v) is 3.60. The third kappa shape index (κ3) is 2.93. The zero-order chi connectivity index (χ0) is 20.0. The highest BCUT2D eigenvalue weighted by molar-refractivity contribution is 6.17. The van der Waals surface area contributed by atoms with Gasteiger partial charge in [-0.1, -0.05) is 32.0 Å². The number of carbonyl (C=O) groups is 1. The average molecular weight is 377 g/mol. The van der Waals surface area contributed by atoms with Gasteiger partial charge in [-0.25, -0.2) is 8.78 Å². The number of hydrogen-bond acceptors (Lipinski definition) is 1. The third-order valence-electron chi connectivity index (χ3n) is 5.09. The number of rotatable bonds is 4. The molecule has 1 radical (unpaired) electrons. The van der Waals surface area contributed by atoms with Crippen molar-refractivity contribution >= 4 is 27.7 Å². The highest BCUT2D eigenvalue weighted by Gasteiger charge is 2.18. The zero-order valence-electron chi connectivity index (χ0n) is 15.6. The molecule has 141 valence electrons. The maximum Gasteiger partial charge on any atom is 0.249 e. The van der Waals surface area contributed by atoms with Crippen LogP contribution in [0.4, 0.5) is 8.78 Å². The van der Waals surface area contributed by atoms with Gasteiger partial charge in [0.15, 0.2) is 0 Å². The number of hydrogen-bond donors (Lipinski definition) is 1. The molecular weight excluding hydrogens is 358 g/mol. The Labute approximate surface area is 161 Å². The van der Waals surface area contributed by atoms with Gasteiger partial charge < -0.3 is 10.3 Å². The Balaban J connectivity index is 2.05. The second-order valence-corrected chi connectivity index (χ2v) is 7.23. The van der Waals surface area contributed by atoms with Crippen LogP contribution >= 0.6 is 0 Å². The molecule has 1 amide bonds. The van der Waals surface area contributed by atoms with E-state index in [-0.39, 0.29) is 12.5 Å². The van der Waals surface area contributed by atoms with Gasteiger partial charge in [0, 0.05) is 28.0 Å². The Hall–Kier alpha value is -3.21. The molecular formula is C23H19F2N2O. The summed E-state index contributed by atoms with van der Waals surface area (Å²) in [5.41, 5.74) is 9.02. The van der Waals surface area contributed by atoms with Gasteiger partial charge in [0.1, 0.15) is 11.6 Å². The number of halogens is 2. The summed E-state index contributed by atoms with van der Waals surface area (Å²) in [6.45, 7) is 4.36. The van der Waals surface area contributed by atoms with Crippen molar-refractivity contribution in [1.82, 2.24) is 4.57 Å². The van der Waals surface area contributed by atoms with Crippen LogP contribution in [-0.4, -0.2) is 10.5 Å². The van der Waals surface area contributed by atoms with Crippen LogP contribution in [-0.2, 0) is 6.54 Å². The van der Waals surface area contributed by atoms with Crippen molar-refractivity contribution in [2.45, 2.75) is 26.3 Å². The minimum absolute atomic E-state index is 0.198. The molecule has 0 aliphatic rings. The van der Waals surface area contributed by atoms with Crippen LogP contribution in [0.1, 0.15) is 41.3 Å². The number of primary amides is 1. The summed E-state index contributed by atoms with van der Waals surface area (Å²) in [7, 11) is 0. The van der Waals surface area contributed by atoms with Gasteiger partial charge in [0.25, 0.3) is 0 Å². The van der Waals surface area contributed by atoms with Crippen LogP contribution in [0.3, 0.4) is 0 Å². The lowest BCUT2D eigenvalue weighted by molar-refractivity contribution is 0.100. The van der Waals surface area contributed by atoms with Crippen molar-refractivity contribution < 1.29 is 13.6 Å². The molecule has 28 heavy (non-hydrogen) atoms. The van der Waals surface area contributed by atoms with E-state index in [2.05, 4.69) is 19.9 Å². The van der Waals surface area contributed by atoms with Gasteiger partial charge in [0.05, 0.1) is 17.6 Å². The number of benzene rings is 3. The Bertz CT molecular complexity index is 1220. The molecule has 0 unspecified atom stereocenters. The van der Waals surface area contributed by atoms with Crippen molar-refractivity contribution in [3.05, 3.63) is 82.9 Å². The normalized spacial score (nSPS) is 11.6. The van der Waals surface area contributed by atoms with E-state index in [1.807, 2.05) is 22.8 Å². The van der Waals surface area contributed by atoms with Gasteiger partial charge in [-0.3, -0.25) is 4.79 Å². The van der Waals surface area contributed by atoms with E-state index in [0.29, 0.717) is 16.5 Å². The summed E-state index contributed by atoms with van der Waals surface area (Å²) >= 11 is 0.